The van der Waals surface area contributed by atoms with Crippen molar-refractivity contribution in [2.45, 2.75) is 47.0 Å². The number of anilines is 1. The molecule has 0 saturated carbocycles. The summed E-state index contributed by atoms with van der Waals surface area (Å²) in [6, 6.07) is 8.75. The first-order valence-electron chi connectivity index (χ1n) is 7.70. The van der Waals surface area contributed by atoms with Crippen molar-refractivity contribution in [1.29, 1.82) is 0 Å². The minimum atomic E-state index is 0.115. The van der Waals surface area contributed by atoms with Gasteiger partial charge in [-0.05, 0) is 32.9 Å². The van der Waals surface area contributed by atoms with Crippen LogP contribution in [0.15, 0.2) is 24.3 Å². The molecule has 0 spiro atoms. The van der Waals surface area contributed by atoms with Gasteiger partial charge in [0.15, 0.2) is 0 Å². The monoisotopic (exact) mass is 302 g/mol. The zero-order valence-corrected chi connectivity index (χ0v) is 14.8. The lowest BCUT2D eigenvalue weighted by Crippen LogP contribution is -2.21. The van der Waals surface area contributed by atoms with Crippen LogP contribution < -0.4 is 4.90 Å². The number of benzene rings is 1. The van der Waals surface area contributed by atoms with Gasteiger partial charge in [-0.25, -0.2) is 4.98 Å². The molecular formula is C18H26N2S. The Morgan fingerprint density at radius 2 is 1.81 bits per heavy atom. The first kappa shape index (κ1) is 16.0. The molecule has 2 rings (SSSR count). The lowest BCUT2D eigenvalue weighted by molar-refractivity contribution is 0.586. The van der Waals surface area contributed by atoms with E-state index in [2.05, 4.69) is 70.7 Å². The molecule has 3 heteroatoms. The van der Waals surface area contributed by atoms with Crippen molar-refractivity contribution in [1.82, 2.24) is 4.98 Å². The van der Waals surface area contributed by atoms with E-state index in [9.17, 15) is 0 Å². The van der Waals surface area contributed by atoms with Gasteiger partial charge in [0, 0.05) is 34.6 Å². The summed E-state index contributed by atoms with van der Waals surface area (Å²) in [4.78, 5) is 8.58. The molecule has 114 valence electrons. The van der Waals surface area contributed by atoms with Gasteiger partial charge in [0.25, 0.3) is 0 Å². The molecule has 0 aliphatic heterocycles. The van der Waals surface area contributed by atoms with Gasteiger partial charge in [0.2, 0.25) is 0 Å². The molecule has 1 heterocycles. The fourth-order valence-corrected chi connectivity index (χ4v) is 3.42. The maximum absolute atomic E-state index is 4.90. The molecule has 0 saturated heterocycles. The van der Waals surface area contributed by atoms with E-state index in [1.54, 1.807) is 0 Å². The molecule has 21 heavy (non-hydrogen) atoms. The summed E-state index contributed by atoms with van der Waals surface area (Å²) in [7, 11) is 0. The van der Waals surface area contributed by atoms with E-state index in [-0.39, 0.29) is 5.41 Å². The second-order valence-electron chi connectivity index (χ2n) is 6.40. The van der Waals surface area contributed by atoms with Gasteiger partial charge in [0.1, 0.15) is 0 Å². The van der Waals surface area contributed by atoms with Gasteiger partial charge in [-0.3, -0.25) is 0 Å². The van der Waals surface area contributed by atoms with E-state index in [0.717, 1.165) is 18.8 Å². The zero-order valence-electron chi connectivity index (χ0n) is 14.0. The van der Waals surface area contributed by atoms with Crippen LogP contribution in [0.3, 0.4) is 0 Å². The summed E-state index contributed by atoms with van der Waals surface area (Å²) in [5.74, 6) is 0. The van der Waals surface area contributed by atoms with Gasteiger partial charge in [-0.15, -0.1) is 11.3 Å². The second kappa shape index (κ2) is 6.18. The molecule has 0 aliphatic rings. The molecule has 0 unspecified atom stereocenters. The zero-order chi connectivity index (χ0) is 15.6. The summed E-state index contributed by atoms with van der Waals surface area (Å²) >= 11 is 1.82. The molecule has 0 atom stereocenters. The molecule has 0 radical (unpaired) electrons. The van der Waals surface area contributed by atoms with E-state index in [1.807, 2.05) is 11.3 Å². The highest BCUT2D eigenvalue weighted by Crippen LogP contribution is 2.34. The van der Waals surface area contributed by atoms with Crippen molar-refractivity contribution in [3.05, 3.63) is 34.2 Å². The maximum Gasteiger partial charge on any atom is 0.0988 e. The number of rotatable bonds is 4. The predicted octanol–water partition coefficient (Wildman–Crippen LogP) is 5.26. The number of hydrogen-bond donors (Lipinski definition) is 0. The second-order valence-corrected chi connectivity index (χ2v) is 7.60. The molecule has 0 bridgehead atoms. The van der Waals surface area contributed by atoms with E-state index in [0.29, 0.717) is 0 Å². The number of hydrogen-bond acceptors (Lipinski definition) is 3. The van der Waals surface area contributed by atoms with Crippen molar-refractivity contribution >= 4 is 17.0 Å². The molecule has 0 N–H and O–H groups in total. The topological polar surface area (TPSA) is 16.1 Å². The van der Waals surface area contributed by atoms with E-state index >= 15 is 0 Å². The van der Waals surface area contributed by atoms with Crippen LogP contribution in [0, 0.1) is 6.92 Å². The van der Waals surface area contributed by atoms with Gasteiger partial charge in [0.05, 0.1) is 10.7 Å². The Balaban J connectivity index is 2.43. The quantitative estimate of drug-likeness (QED) is 0.765. The smallest absolute Gasteiger partial charge is 0.0988 e. The Hall–Kier alpha value is -1.35. The van der Waals surface area contributed by atoms with Gasteiger partial charge < -0.3 is 4.90 Å². The normalized spacial score (nSPS) is 11.7. The van der Waals surface area contributed by atoms with Gasteiger partial charge in [-0.2, -0.15) is 0 Å². The van der Waals surface area contributed by atoms with Crippen molar-refractivity contribution in [3.63, 3.8) is 0 Å². The highest BCUT2D eigenvalue weighted by molar-refractivity contribution is 7.12. The Labute approximate surface area is 132 Å². The Morgan fingerprint density at radius 1 is 1.14 bits per heavy atom. The van der Waals surface area contributed by atoms with Crippen molar-refractivity contribution in [2.75, 3.05) is 18.0 Å². The third kappa shape index (κ3) is 3.46. The Morgan fingerprint density at radius 3 is 2.33 bits per heavy atom. The van der Waals surface area contributed by atoms with Crippen LogP contribution in [-0.4, -0.2) is 18.1 Å². The van der Waals surface area contributed by atoms with Gasteiger partial charge in [-0.1, -0.05) is 32.9 Å². The number of thiazole rings is 1. The SMILES string of the molecule is CCN(CC)c1cccc(-c2nc(C(C)(C)C)sc2C)c1. The molecule has 0 fully saturated rings. The Kier molecular flexibility index (Phi) is 4.72. The summed E-state index contributed by atoms with van der Waals surface area (Å²) < 4.78 is 0. The van der Waals surface area contributed by atoms with E-state index in [1.165, 1.54) is 21.1 Å². The van der Waals surface area contributed by atoms with Crippen LogP contribution in [-0.2, 0) is 5.41 Å². The molecule has 0 aliphatic carbocycles. The van der Waals surface area contributed by atoms with Crippen molar-refractivity contribution < 1.29 is 0 Å². The van der Waals surface area contributed by atoms with Crippen LogP contribution in [0.4, 0.5) is 5.69 Å². The van der Waals surface area contributed by atoms with Crippen molar-refractivity contribution in [2.24, 2.45) is 0 Å². The summed E-state index contributed by atoms with van der Waals surface area (Å²) in [6.45, 7) is 15.3. The lowest BCUT2D eigenvalue weighted by Gasteiger charge is -2.21. The van der Waals surface area contributed by atoms with Crippen LogP contribution in [0.2, 0.25) is 0 Å². The first-order chi connectivity index (χ1) is 9.86. The highest BCUT2D eigenvalue weighted by atomic mass is 32.1. The van der Waals surface area contributed by atoms with Gasteiger partial charge >= 0.3 is 0 Å². The third-order valence-electron chi connectivity index (χ3n) is 3.69. The Bertz CT molecular complexity index is 604. The molecular weight excluding hydrogens is 276 g/mol. The lowest BCUT2D eigenvalue weighted by atomic mass is 9.98. The highest BCUT2D eigenvalue weighted by Gasteiger charge is 2.21. The molecule has 1 aromatic carbocycles. The molecule has 2 aromatic rings. The average molecular weight is 302 g/mol. The number of aromatic nitrogens is 1. The predicted molar refractivity (Wildman–Crippen MR) is 94.5 cm³/mol. The van der Waals surface area contributed by atoms with Crippen LogP contribution in [0.1, 0.15) is 44.5 Å². The molecule has 2 nitrogen and oxygen atoms in total. The average Bonchev–Trinajstić information content (AvgIpc) is 2.83. The summed E-state index contributed by atoms with van der Waals surface area (Å²) in [6.07, 6.45) is 0. The molecule has 0 amide bonds. The first-order valence-corrected chi connectivity index (χ1v) is 8.51. The fraction of sp³-hybridized carbons (Fsp3) is 0.500. The summed E-state index contributed by atoms with van der Waals surface area (Å²) in [5, 5.41) is 1.21. The number of aryl methyl sites for hydroxylation is 1. The summed E-state index contributed by atoms with van der Waals surface area (Å²) in [5.41, 5.74) is 3.76. The standard InChI is InChI=1S/C18H26N2S/c1-7-20(8-2)15-11-9-10-14(12-15)16-13(3)21-17(19-16)18(4,5)6/h9-12H,7-8H2,1-6H3. The minimum absolute atomic E-state index is 0.115. The third-order valence-corrected chi connectivity index (χ3v) is 5.08. The maximum atomic E-state index is 4.90. The van der Waals surface area contributed by atoms with Crippen LogP contribution in [0.25, 0.3) is 11.3 Å². The van der Waals surface area contributed by atoms with Crippen molar-refractivity contribution in [3.8, 4) is 11.3 Å². The number of nitrogens with zero attached hydrogens (tertiary/aromatic N) is 2. The molecule has 1 aromatic heterocycles. The minimum Gasteiger partial charge on any atom is -0.372 e. The van der Waals surface area contributed by atoms with Crippen LogP contribution >= 0.6 is 11.3 Å². The largest absolute Gasteiger partial charge is 0.372 e. The van der Waals surface area contributed by atoms with E-state index < -0.39 is 0 Å². The van der Waals surface area contributed by atoms with E-state index in [4.69, 9.17) is 4.98 Å². The fourth-order valence-electron chi connectivity index (χ4n) is 2.42. The van der Waals surface area contributed by atoms with Crippen LogP contribution in [0.5, 0.6) is 0 Å².